The third-order valence-corrected chi connectivity index (χ3v) is 6.10. The summed E-state index contributed by atoms with van der Waals surface area (Å²) in [5, 5.41) is 7.72. The van der Waals surface area contributed by atoms with Crippen LogP contribution < -0.4 is 4.74 Å². The van der Waals surface area contributed by atoms with Crippen molar-refractivity contribution in [3.8, 4) is 5.88 Å². The highest BCUT2D eigenvalue weighted by atomic mass is 32.2. The van der Waals surface area contributed by atoms with Crippen molar-refractivity contribution in [2.75, 3.05) is 32.4 Å². The lowest BCUT2D eigenvalue weighted by Crippen LogP contribution is -2.49. The first-order chi connectivity index (χ1) is 11.9. The minimum Gasteiger partial charge on any atom is -0.471 e. The first-order valence-corrected chi connectivity index (χ1v) is 10.5. The standard InChI is InChI=1S/C16H24N4O4S/c1-25(22,23)20-10-6-13(7-11-20)16(21)19-9-3-4-14(12-19)24-15-5-2-8-17-18-15/h2,5,8,13-14H,3-4,6-7,9-12H2,1H3. The van der Waals surface area contributed by atoms with Gasteiger partial charge in [-0.2, -0.15) is 5.10 Å². The van der Waals surface area contributed by atoms with Crippen molar-refractivity contribution in [1.82, 2.24) is 19.4 Å². The van der Waals surface area contributed by atoms with Gasteiger partial charge in [-0.05, 0) is 31.7 Å². The number of likely N-dealkylation sites (tertiary alicyclic amines) is 1. The van der Waals surface area contributed by atoms with Gasteiger partial charge < -0.3 is 9.64 Å². The number of sulfonamides is 1. The average molecular weight is 368 g/mol. The Labute approximate surface area is 148 Å². The predicted octanol–water partition coefficient (Wildman–Crippen LogP) is 0.518. The second-order valence-corrected chi connectivity index (χ2v) is 8.65. The third-order valence-electron chi connectivity index (χ3n) is 4.80. The van der Waals surface area contributed by atoms with Gasteiger partial charge in [-0.25, -0.2) is 12.7 Å². The molecule has 1 aromatic heterocycles. The average Bonchev–Trinajstić information content (AvgIpc) is 2.61. The smallest absolute Gasteiger partial charge is 0.233 e. The molecule has 3 heterocycles. The Hall–Kier alpha value is -1.74. The molecule has 0 bridgehead atoms. The number of piperidine rings is 2. The van der Waals surface area contributed by atoms with Crippen LogP contribution in [0, 0.1) is 5.92 Å². The van der Waals surface area contributed by atoms with E-state index in [0.717, 1.165) is 19.4 Å². The van der Waals surface area contributed by atoms with Gasteiger partial charge in [-0.1, -0.05) is 0 Å². The Balaban J connectivity index is 1.54. The topological polar surface area (TPSA) is 92.7 Å². The van der Waals surface area contributed by atoms with Crippen molar-refractivity contribution in [2.24, 2.45) is 5.92 Å². The van der Waals surface area contributed by atoms with Gasteiger partial charge in [-0.3, -0.25) is 4.79 Å². The van der Waals surface area contributed by atoms with Crippen LogP contribution in [-0.4, -0.2) is 72.3 Å². The monoisotopic (exact) mass is 368 g/mol. The van der Waals surface area contributed by atoms with Crippen LogP contribution in [0.4, 0.5) is 0 Å². The van der Waals surface area contributed by atoms with Crippen molar-refractivity contribution >= 4 is 15.9 Å². The largest absolute Gasteiger partial charge is 0.471 e. The number of ether oxygens (including phenoxy) is 1. The summed E-state index contributed by atoms with van der Waals surface area (Å²) in [5.74, 6) is 0.483. The highest BCUT2D eigenvalue weighted by Crippen LogP contribution is 2.24. The first-order valence-electron chi connectivity index (χ1n) is 8.62. The summed E-state index contributed by atoms with van der Waals surface area (Å²) in [6, 6.07) is 3.53. The van der Waals surface area contributed by atoms with Crippen molar-refractivity contribution < 1.29 is 17.9 Å². The van der Waals surface area contributed by atoms with Gasteiger partial charge in [0.05, 0.1) is 12.8 Å². The van der Waals surface area contributed by atoms with E-state index in [1.54, 1.807) is 18.3 Å². The molecule has 0 spiro atoms. The number of hydrogen-bond donors (Lipinski definition) is 0. The zero-order chi connectivity index (χ0) is 17.9. The zero-order valence-corrected chi connectivity index (χ0v) is 15.2. The van der Waals surface area contributed by atoms with E-state index in [0.29, 0.717) is 38.4 Å². The van der Waals surface area contributed by atoms with Gasteiger partial charge in [0.25, 0.3) is 0 Å². The molecule has 1 unspecified atom stereocenters. The lowest BCUT2D eigenvalue weighted by atomic mass is 9.95. The molecule has 1 aromatic rings. The number of aromatic nitrogens is 2. The fourth-order valence-electron chi connectivity index (χ4n) is 3.45. The molecule has 0 aliphatic carbocycles. The van der Waals surface area contributed by atoms with Gasteiger partial charge >= 0.3 is 0 Å². The molecule has 1 amide bonds. The molecule has 2 fully saturated rings. The fourth-order valence-corrected chi connectivity index (χ4v) is 4.32. The summed E-state index contributed by atoms with van der Waals surface area (Å²) in [6.45, 7) is 2.11. The van der Waals surface area contributed by atoms with E-state index in [9.17, 15) is 13.2 Å². The first kappa shape index (κ1) is 18.1. The zero-order valence-electron chi connectivity index (χ0n) is 14.4. The van der Waals surface area contributed by atoms with E-state index >= 15 is 0 Å². The predicted molar refractivity (Wildman–Crippen MR) is 91.4 cm³/mol. The Bertz CT molecular complexity index is 689. The number of carbonyl (C=O) groups excluding carboxylic acids is 1. The molecule has 2 saturated heterocycles. The van der Waals surface area contributed by atoms with Gasteiger partial charge in [-0.15, -0.1) is 5.10 Å². The van der Waals surface area contributed by atoms with E-state index in [1.807, 2.05) is 4.90 Å². The summed E-state index contributed by atoms with van der Waals surface area (Å²) >= 11 is 0. The molecule has 8 nitrogen and oxygen atoms in total. The Morgan fingerprint density at radius 3 is 2.64 bits per heavy atom. The quantitative estimate of drug-likeness (QED) is 0.769. The van der Waals surface area contributed by atoms with E-state index < -0.39 is 10.0 Å². The maximum atomic E-state index is 12.8. The Morgan fingerprint density at radius 1 is 1.24 bits per heavy atom. The van der Waals surface area contributed by atoms with Gasteiger partial charge in [0.1, 0.15) is 6.10 Å². The van der Waals surface area contributed by atoms with Crippen LogP contribution in [0.25, 0.3) is 0 Å². The number of amides is 1. The summed E-state index contributed by atoms with van der Waals surface area (Å²) in [6.07, 6.45) is 5.66. The summed E-state index contributed by atoms with van der Waals surface area (Å²) in [7, 11) is -3.17. The van der Waals surface area contributed by atoms with E-state index in [4.69, 9.17) is 4.74 Å². The molecule has 0 saturated carbocycles. The van der Waals surface area contributed by atoms with Crippen LogP contribution in [-0.2, 0) is 14.8 Å². The second kappa shape index (κ2) is 7.65. The van der Waals surface area contributed by atoms with Gasteiger partial charge in [0.15, 0.2) is 0 Å². The maximum Gasteiger partial charge on any atom is 0.233 e. The van der Waals surface area contributed by atoms with Crippen LogP contribution in [0.15, 0.2) is 18.3 Å². The molecule has 3 rings (SSSR count). The molecule has 0 N–H and O–H groups in total. The molecule has 0 aromatic carbocycles. The normalized spacial score (nSPS) is 23.4. The minimum atomic E-state index is -3.17. The molecular formula is C16H24N4O4S. The molecule has 1 atom stereocenters. The number of nitrogens with zero attached hydrogens (tertiary/aromatic N) is 4. The Morgan fingerprint density at radius 2 is 2.00 bits per heavy atom. The highest BCUT2D eigenvalue weighted by molar-refractivity contribution is 7.88. The third kappa shape index (κ3) is 4.66. The molecule has 138 valence electrons. The van der Waals surface area contributed by atoms with E-state index in [1.165, 1.54) is 10.6 Å². The van der Waals surface area contributed by atoms with E-state index in [-0.39, 0.29) is 17.9 Å². The van der Waals surface area contributed by atoms with Gasteiger partial charge in [0, 0.05) is 37.8 Å². The lowest BCUT2D eigenvalue weighted by Gasteiger charge is -2.37. The molecule has 2 aliphatic heterocycles. The molecular weight excluding hydrogens is 344 g/mol. The van der Waals surface area contributed by atoms with Crippen molar-refractivity contribution in [3.63, 3.8) is 0 Å². The SMILES string of the molecule is CS(=O)(=O)N1CCC(C(=O)N2CCCC(Oc3cccnn3)C2)CC1. The lowest BCUT2D eigenvalue weighted by molar-refractivity contribution is -0.139. The molecule has 25 heavy (non-hydrogen) atoms. The highest BCUT2D eigenvalue weighted by Gasteiger charge is 2.33. The van der Waals surface area contributed by atoms with Crippen LogP contribution in [0.3, 0.4) is 0 Å². The summed E-state index contributed by atoms with van der Waals surface area (Å²) in [5.41, 5.74) is 0. The molecule has 0 radical (unpaired) electrons. The number of rotatable bonds is 4. The number of carbonyl (C=O) groups is 1. The summed E-state index contributed by atoms with van der Waals surface area (Å²) in [4.78, 5) is 14.6. The minimum absolute atomic E-state index is 0.0782. The fraction of sp³-hybridized carbons (Fsp3) is 0.688. The van der Waals surface area contributed by atoms with Gasteiger partial charge in [0.2, 0.25) is 21.8 Å². The second-order valence-electron chi connectivity index (χ2n) is 6.66. The van der Waals surface area contributed by atoms with Crippen molar-refractivity contribution in [2.45, 2.75) is 31.8 Å². The van der Waals surface area contributed by atoms with Crippen molar-refractivity contribution in [1.29, 1.82) is 0 Å². The molecule has 9 heteroatoms. The van der Waals surface area contributed by atoms with E-state index in [2.05, 4.69) is 10.2 Å². The van der Waals surface area contributed by atoms with Crippen LogP contribution in [0.5, 0.6) is 5.88 Å². The Kier molecular flexibility index (Phi) is 5.53. The van der Waals surface area contributed by atoms with Crippen LogP contribution in [0.2, 0.25) is 0 Å². The molecule has 2 aliphatic rings. The van der Waals surface area contributed by atoms with Crippen LogP contribution in [0.1, 0.15) is 25.7 Å². The van der Waals surface area contributed by atoms with Crippen molar-refractivity contribution in [3.05, 3.63) is 18.3 Å². The summed E-state index contributed by atoms with van der Waals surface area (Å²) < 4.78 is 30.4. The number of hydrogen-bond acceptors (Lipinski definition) is 6. The maximum absolute atomic E-state index is 12.8. The van der Waals surface area contributed by atoms with Crippen LogP contribution >= 0.6 is 0 Å².